The van der Waals surface area contributed by atoms with Crippen molar-refractivity contribution in [2.24, 2.45) is 0 Å². The molecule has 0 spiro atoms. The molecule has 0 aliphatic heterocycles. The van der Waals surface area contributed by atoms with Crippen LogP contribution < -0.4 is 5.32 Å². The molecule has 0 fully saturated rings. The third-order valence-corrected chi connectivity index (χ3v) is 2.88. The van der Waals surface area contributed by atoms with E-state index in [0.717, 1.165) is 5.69 Å². The van der Waals surface area contributed by atoms with Crippen LogP contribution in [0.2, 0.25) is 5.02 Å². The van der Waals surface area contributed by atoms with E-state index >= 15 is 0 Å². The van der Waals surface area contributed by atoms with Crippen LogP contribution in [0.5, 0.6) is 0 Å². The van der Waals surface area contributed by atoms with Gasteiger partial charge in [0.15, 0.2) is 5.78 Å². The number of carbonyl (C=O) groups excluding carboxylic acids is 1. The van der Waals surface area contributed by atoms with Gasteiger partial charge in [0, 0.05) is 23.9 Å². The molecule has 2 aromatic carbocycles. The average Bonchev–Trinajstić information content (AvgIpc) is 2.41. The topological polar surface area (TPSA) is 29.1 Å². The number of nitrogens with one attached hydrogen (secondary N) is 1. The van der Waals surface area contributed by atoms with E-state index in [1.54, 1.807) is 25.2 Å². The fourth-order valence-electron chi connectivity index (χ4n) is 1.62. The molecule has 0 aliphatic carbocycles. The molecule has 2 aromatic rings. The molecule has 0 aliphatic rings. The Morgan fingerprint density at radius 3 is 2.56 bits per heavy atom. The van der Waals surface area contributed by atoms with Crippen molar-refractivity contribution >= 4 is 23.1 Å². The highest BCUT2D eigenvalue weighted by molar-refractivity contribution is 6.31. The molecule has 18 heavy (non-hydrogen) atoms. The number of ketones is 1. The first-order valence-corrected chi connectivity index (χ1v) is 5.77. The maximum absolute atomic E-state index is 13.0. The van der Waals surface area contributed by atoms with Crippen LogP contribution in [0.3, 0.4) is 0 Å². The van der Waals surface area contributed by atoms with E-state index in [1.807, 2.05) is 6.07 Å². The van der Waals surface area contributed by atoms with Crippen molar-refractivity contribution in [3.63, 3.8) is 0 Å². The van der Waals surface area contributed by atoms with E-state index in [4.69, 9.17) is 11.6 Å². The largest absolute Gasteiger partial charge is 0.388 e. The third kappa shape index (κ3) is 2.51. The molecule has 0 bridgehead atoms. The maximum Gasteiger partial charge on any atom is 0.193 e. The second-order valence-corrected chi connectivity index (χ2v) is 4.20. The van der Waals surface area contributed by atoms with Crippen molar-refractivity contribution in [2.45, 2.75) is 0 Å². The predicted octanol–water partition coefficient (Wildman–Crippen LogP) is 3.75. The quantitative estimate of drug-likeness (QED) is 0.855. The monoisotopic (exact) mass is 263 g/mol. The standard InChI is InChI=1S/C14H11ClFNO/c1-17-11-4-2-3-9(7-11)14(18)10-5-6-13(16)12(15)8-10/h2-8,17H,1H3. The van der Waals surface area contributed by atoms with E-state index in [1.165, 1.54) is 18.2 Å². The van der Waals surface area contributed by atoms with Gasteiger partial charge in [-0.05, 0) is 30.3 Å². The molecule has 2 rings (SSSR count). The minimum absolute atomic E-state index is 0.0504. The SMILES string of the molecule is CNc1cccc(C(=O)c2ccc(F)c(Cl)c2)c1. The number of halogens is 2. The lowest BCUT2D eigenvalue weighted by atomic mass is 10.0. The number of benzene rings is 2. The average molecular weight is 264 g/mol. The number of carbonyl (C=O) groups is 1. The minimum Gasteiger partial charge on any atom is -0.388 e. The Morgan fingerprint density at radius 2 is 1.89 bits per heavy atom. The highest BCUT2D eigenvalue weighted by Gasteiger charge is 2.11. The fraction of sp³-hybridized carbons (Fsp3) is 0.0714. The van der Waals surface area contributed by atoms with E-state index in [-0.39, 0.29) is 10.8 Å². The van der Waals surface area contributed by atoms with Gasteiger partial charge >= 0.3 is 0 Å². The predicted molar refractivity (Wildman–Crippen MR) is 70.8 cm³/mol. The Kier molecular flexibility index (Phi) is 3.63. The van der Waals surface area contributed by atoms with Gasteiger partial charge in [-0.2, -0.15) is 0 Å². The van der Waals surface area contributed by atoms with Gasteiger partial charge < -0.3 is 5.32 Å². The van der Waals surface area contributed by atoms with Crippen LogP contribution in [-0.4, -0.2) is 12.8 Å². The second kappa shape index (κ2) is 5.19. The van der Waals surface area contributed by atoms with Crippen LogP contribution in [0.4, 0.5) is 10.1 Å². The summed E-state index contributed by atoms with van der Waals surface area (Å²) in [6.07, 6.45) is 0. The van der Waals surface area contributed by atoms with Gasteiger partial charge in [-0.3, -0.25) is 4.79 Å². The lowest BCUT2D eigenvalue weighted by Crippen LogP contribution is -2.02. The minimum atomic E-state index is -0.530. The summed E-state index contributed by atoms with van der Waals surface area (Å²) in [5.74, 6) is -0.716. The van der Waals surface area contributed by atoms with Crippen LogP contribution in [-0.2, 0) is 0 Å². The van der Waals surface area contributed by atoms with Crippen LogP contribution in [0.25, 0.3) is 0 Å². The second-order valence-electron chi connectivity index (χ2n) is 3.79. The molecule has 0 amide bonds. The molecular weight excluding hydrogens is 253 g/mol. The normalized spacial score (nSPS) is 10.2. The lowest BCUT2D eigenvalue weighted by molar-refractivity contribution is 0.103. The van der Waals surface area contributed by atoms with Crippen LogP contribution in [0, 0.1) is 5.82 Å². The number of anilines is 1. The Bertz CT molecular complexity index is 598. The van der Waals surface area contributed by atoms with Crippen LogP contribution >= 0.6 is 11.6 Å². The van der Waals surface area contributed by atoms with Crippen LogP contribution in [0.15, 0.2) is 42.5 Å². The van der Waals surface area contributed by atoms with Gasteiger partial charge in [-0.15, -0.1) is 0 Å². The molecule has 0 aromatic heterocycles. The lowest BCUT2D eigenvalue weighted by Gasteiger charge is -2.05. The van der Waals surface area contributed by atoms with Crippen molar-refractivity contribution in [3.8, 4) is 0 Å². The van der Waals surface area contributed by atoms with Crippen LogP contribution in [0.1, 0.15) is 15.9 Å². The Balaban J connectivity index is 2.38. The maximum atomic E-state index is 13.0. The van der Waals surface area contributed by atoms with Gasteiger partial charge in [0.25, 0.3) is 0 Å². The molecule has 4 heteroatoms. The molecule has 0 atom stereocenters. The highest BCUT2D eigenvalue weighted by Crippen LogP contribution is 2.19. The van der Waals surface area contributed by atoms with E-state index in [9.17, 15) is 9.18 Å². The Hall–Kier alpha value is -1.87. The molecular formula is C14H11ClFNO. The summed E-state index contributed by atoms with van der Waals surface area (Å²) in [6.45, 7) is 0. The summed E-state index contributed by atoms with van der Waals surface area (Å²) in [5.41, 5.74) is 1.74. The summed E-state index contributed by atoms with van der Waals surface area (Å²) >= 11 is 5.66. The smallest absolute Gasteiger partial charge is 0.193 e. The van der Waals surface area contributed by atoms with Gasteiger partial charge in [-0.25, -0.2) is 4.39 Å². The summed E-state index contributed by atoms with van der Waals surface area (Å²) in [6, 6.07) is 11.0. The Labute approximate surface area is 109 Å². The van der Waals surface area contributed by atoms with Gasteiger partial charge in [0.2, 0.25) is 0 Å². The number of rotatable bonds is 3. The molecule has 2 nitrogen and oxygen atoms in total. The molecule has 0 radical (unpaired) electrons. The summed E-state index contributed by atoms with van der Waals surface area (Å²) in [4.78, 5) is 12.2. The summed E-state index contributed by atoms with van der Waals surface area (Å²) in [7, 11) is 1.78. The van der Waals surface area contributed by atoms with E-state index in [0.29, 0.717) is 11.1 Å². The summed E-state index contributed by atoms with van der Waals surface area (Å²) < 4.78 is 13.0. The molecule has 0 heterocycles. The summed E-state index contributed by atoms with van der Waals surface area (Å²) in [5, 5.41) is 2.91. The van der Waals surface area contributed by atoms with E-state index < -0.39 is 5.82 Å². The van der Waals surface area contributed by atoms with Crippen molar-refractivity contribution in [2.75, 3.05) is 12.4 Å². The zero-order valence-electron chi connectivity index (χ0n) is 9.71. The van der Waals surface area contributed by atoms with Gasteiger partial charge in [0.1, 0.15) is 5.82 Å². The Morgan fingerprint density at radius 1 is 1.17 bits per heavy atom. The number of hydrogen-bond donors (Lipinski definition) is 1. The molecule has 0 unspecified atom stereocenters. The first kappa shape index (κ1) is 12.6. The van der Waals surface area contributed by atoms with Crippen molar-refractivity contribution in [3.05, 3.63) is 64.4 Å². The van der Waals surface area contributed by atoms with Crippen molar-refractivity contribution in [1.82, 2.24) is 0 Å². The van der Waals surface area contributed by atoms with Crippen molar-refractivity contribution in [1.29, 1.82) is 0 Å². The molecule has 0 saturated carbocycles. The van der Waals surface area contributed by atoms with Gasteiger partial charge in [0.05, 0.1) is 5.02 Å². The fourth-order valence-corrected chi connectivity index (χ4v) is 1.80. The number of hydrogen-bond acceptors (Lipinski definition) is 2. The zero-order chi connectivity index (χ0) is 13.1. The molecule has 0 saturated heterocycles. The van der Waals surface area contributed by atoms with E-state index in [2.05, 4.69) is 5.32 Å². The van der Waals surface area contributed by atoms with Gasteiger partial charge in [-0.1, -0.05) is 23.7 Å². The first-order chi connectivity index (χ1) is 8.61. The highest BCUT2D eigenvalue weighted by atomic mass is 35.5. The first-order valence-electron chi connectivity index (χ1n) is 5.39. The van der Waals surface area contributed by atoms with Crippen molar-refractivity contribution < 1.29 is 9.18 Å². The third-order valence-electron chi connectivity index (χ3n) is 2.60. The molecule has 92 valence electrons. The zero-order valence-corrected chi connectivity index (χ0v) is 10.5. The molecule has 1 N–H and O–H groups in total.